The van der Waals surface area contributed by atoms with Crippen molar-refractivity contribution in [3.63, 3.8) is 0 Å². The molecule has 5 N–H and O–H groups in total. The largest absolute Gasteiger partial charge is 1.00 e. The van der Waals surface area contributed by atoms with Gasteiger partial charge in [-0.25, -0.2) is 0 Å². The van der Waals surface area contributed by atoms with Crippen LogP contribution in [0.2, 0.25) is 0 Å². The number of nitrogens with zero attached hydrogens (tertiary/aromatic N) is 2. The average Bonchev–Trinajstić information content (AvgIpc) is 3.08. The molecule has 5 rings (SSSR count). The molecule has 2 aliphatic rings. The highest BCUT2D eigenvalue weighted by molar-refractivity contribution is 5.92. The highest BCUT2D eigenvalue weighted by atomic mass is 35.5. The lowest BCUT2D eigenvalue weighted by Crippen LogP contribution is -3.00. The Morgan fingerprint density at radius 3 is 2.18 bits per heavy atom. The number of carbonyl (C=O) groups is 4. The van der Waals surface area contributed by atoms with Crippen LogP contribution in [0.4, 0.5) is 0 Å². The quantitative estimate of drug-likeness (QED) is 0.271. The van der Waals surface area contributed by atoms with Gasteiger partial charge in [0.05, 0.1) is 17.9 Å². The van der Waals surface area contributed by atoms with Crippen molar-refractivity contribution in [1.29, 1.82) is 0 Å². The van der Waals surface area contributed by atoms with Crippen molar-refractivity contribution in [2.45, 2.75) is 77.8 Å². The van der Waals surface area contributed by atoms with Gasteiger partial charge in [-0.05, 0) is 67.9 Å². The SMILES string of the molecule is CCNC(=O)[C@]1(Cc2ccccc2)CCCN(C(=O)[C@@H](Cc2ccc3ccccc3c2)NC(=O)C2(C)CCN(C(=O)CC(C)[NH3+])CC2)C1.[Cl-]. The Kier molecular flexibility index (Phi) is 12.9. The van der Waals surface area contributed by atoms with E-state index in [1.165, 1.54) is 0 Å². The van der Waals surface area contributed by atoms with E-state index in [9.17, 15) is 19.2 Å². The Bertz CT molecular complexity index is 1610. The fraction of sp³-hybridized carbons (Fsp3) is 0.487. The van der Waals surface area contributed by atoms with E-state index < -0.39 is 16.9 Å². The number of rotatable bonds is 11. The second-order valence-electron chi connectivity index (χ2n) is 14.3. The molecule has 9 nitrogen and oxygen atoms in total. The van der Waals surface area contributed by atoms with E-state index in [1.807, 2.05) is 74.2 Å². The first-order valence-corrected chi connectivity index (χ1v) is 17.5. The summed E-state index contributed by atoms with van der Waals surface area (Å²) in [7, 11) is 0. The molecular formula is C39H52ClN5O4. The maximum atomic E-state index is 14.6. The van der Waals surface area contributed by atoms with Crippen molar-refractivity contribution in [3.8, 4) is 0 Å². The molecule has 0 aromatic heterocycles. The Hall–Kier alpha value is -3.95. The van der Waals surface area contributed by atoms with Gasteiger partial charge in [-0.2, -0.15) is 0 Å². The molecule has 3 aromatic rings. The van der Waals surface area contributed by atoms with Crippen molar-refractivity contribution in [1.82, 2.24) is 20.4 Å². The van der Waals surface area contributed by atoms with Crippen molar-refractivity contribution in [2.75, 3.05) is 32.7 Å². The number of hydrogen-bond acceptors (Lipinski definition) is 4. The molecule has 49 heavy (non-hydrogen) atoms. The van der Waals surface area contributed by atoms with E-state index >= 15 is 0 Å². The Balaban J connectivity index is 0.00000541. The summed E-state index contributed by atoms with van der Waals surface area (Å²) in [5.41, 5.74) is 4.48. The molecule has 0 saturated carbocycles. The molecule has 2 fully saturated rings. The van der Waals surface area contributed by atoms with Crippen LogP contribution >= 0.6 is 0 Å². The van der Waals surface area contributed by atoms with Gasteiger partial charge in [0.15, 0.2) is 0 Å². The lowest BCUT2D eigenvalue weighted by atomic mass is 9.74. The monoisotopic (exact) mass is 689 g/mol. The van der Waals surface area contributed by atoms with Gasteiger partial charge in [0.1, 0.15) is 6.04 Å². The van der Waals surface area contributed by atoms with Crippen molar-refractivity contribution >= 4 is 34.4 Å². The average molecular weight is 690 g/mol. The number of likely N-dealkylation sites (tertiary alicyclic amines) is 2. The summed E-state index contributed by atoms with van der Waals surface area (Å²) >= 11 is 0. The second kappa shape index (κ2) is 16.6. The third kappa shape index (κ3) is 9.19. The summed E-state index contributed by atoms with van der Waals surface area (Å²) in [6.07, 6.45) is 3.68. The number of amides is 4. The number of piperidine rings is 2. The summed E-state index contributed by atoms with van der Waals surface area (Å²) in [5.74, 6) is -0.307. The van der Waals surface area contributed by atoms with E-state index in [0.29, 0.717) is 71.1 Å². The van der Waals surface area contributed by atoms with Gasteiger partial charge >= 0.3 is 0 Å². The molecule has 3 atom stereocenters. The number of nitrogens with one attached hydrogen (secondary N) is 2. The standard InChI is InChI=1S/C39H51N5O4.ClH/c1-4-41-37(48)39(26-29-11-6-5-7-12-29)17-10-20-44(27-39)35(46)33(25-30-15-16-31-13-8-9-14-32(31)24-30)42-36(47)38(3)18-21-43(22-19-38)34(45)23-28(2)40;/h5-9,11-16,24,28,33H,4,10,17-23,25-27,40H2,1-3H3,(H,41,48)(H,42,47);1H/t28?,33-,39+;/m1./s1. The number of carbonyl (C=O) groups excluding carboxylic acids is 4. The fourth-order valence-corrected chi connectivity index (χ4v) is 7.32. The summed E-state index contributed by atoms with van der Waals surface area (Å²) in [6, 6.07) is 23.5. The van der Waals surface area contributed by atoms with Crippen molar-refractivity contribution in [2.24, 2.45) is 10.8 Å². The van der Waals surface area contributed by atoms with E-state index in [2.05, 4.69) is 40.6 Å². The highest BCUT2D eigenvalue weighted by Crippen LogP contribution is 2.36. The zero-order chi connectivity index (χ0) is 34.3. The molecule has 2 aliphatic heterocycles. The van der Waals surface area contributed by atoms with Crippen molar-refractivity contribution < 1.29 is 37.3 Å². The van der Waals surface area contributed by atoms with Gasteiger partial charge in [-0.15, -0.1) is 0 Å². The van der Waals surface area contributed by atoms with Crippen LogP contribution in [-0.2, 0) is 32.0 Å². The molecule has 1 unspecified atom stereocenters. The molecule has 0 radical (unpaired) electrons. The predicted octanol–water partition coefficient (Wildman–Crippen LogP) is 0.508. The summed E-state index contributed by atoms with van der Waals surface area (Å²) in [6.45, 7) is 8.10. The lowest BCUT2D eigenvalue weighted by molar-refractivity contribution is -0.412. The van der Waals surface area contributed by atoms with E-state index in [0.717, 1.165) is 21.9 Å². The summed E-state index contributed by atoms with van der Waals surface area (Å²) in [5, 5.41) is 8.41. The fourth-order valence-electron chi connectivity index (χ4n) is 7.32. The first-order valence-electron chi connectivity index (χ1n) is 17.5. The van der Waals surface area contributed by atoms with Crippen LogP contribution in [0.5, 0.6) is 0 Å². The zero-order valence-corrected chi connectivity index (χ0v) is 29.9. The Morgan fingerprint density at radius 2 is 1.51 bits per heavy atom. The Labute approximate surface area is 296 Å². The first kappa shape index (κ1) is 37.9. The predicted molar refractivity (Wildman–Crippen MR) is 188 cm³/mol. The lowest BCUT2D eigenvalue weighted by Gasteiger charge is -2.43. The van der Waals surface area contributed by atoms with Crippen molar-refractivity contribution in [3.05, 3.63) is 83.9 Å². The molecule has 10 heteroatoms. The van der Waals surface area contributed by atoms with E-state index in [-0.39, 0.29) is 48.6 Å². The van der Waals surface area contributed by atoms with E-state index in [4.69, 9.17) is 0 Å². The van der Waals surface area contributed by atoms with Crippen LogP contribution < -0.4 is 28.8 Å². The topological polar surface area (TPSA) is 126 Å². The molecule has 4 amide bonds. The number of halogens is 1. The molecule has 0 aliphatic carbocycles. The van der Waals surface area contributed by atoms with Crippen LogP contribution in [0, 0.1) is 10.8 Å². The normalized spacial score (nSPS) is 20.1. The minimum atomic E-state index is -0.802. The summed E-state index contributed by atoms with van der Waals surface area (Å²) < 4.78 is 0. The van der Waals surface area contributed by atoms with E-state index in [1.54, 1.807) is 4.90 Å². The third-order valence-corrected chi connectivity index (χ3v) is 10.2. The minimum absolute atomic E-state index is 0. The van der Waals surface area contributed by atoms with Crippen LogP contribution in [-0.4, -0.2) is 78.2 Å². The van der Waals surface area contributed by atoms with Crippen LogP contribution in [0.25, 0.3) is 10.8 Å². The van der Waals surface area contributed by atoms with Crippen LogP contribution in [0.3, 0.4) is 0 Å². The highest BCUT2D eigenvalue weighted by Gasteiger charge is 2.45. The van der Waals surface area contributed by atoms with Gasteiger partial charge in [-0.3, -0.25) is 19.2 Å². The number of hydrogen-bond donors (Lipinski definition) is 3. The van der Waals surface area contributed by atoms with Gasteiger partial charge in [0.25, 0.3) is 0 Å². The van der Waals surface area contributed by atoms with Gasteiger partial charge in [-0.1, -0.05) is 79.7 Å². The summed E-state index contributed by atoms with van der Waals surface area (Å²) in [4.78, 5) is 58.7. The second-order valence-corrected chi connectivity index (χ2v) is 14.3. The zero-order valence-electron chi connectivity index (χ0n) is 29.2. The molecule has 2 saturated heterocycles. The third-order valence-electron chi connectivity index (χ3n) is 10.2. The minimum Gasteiger partial charge on any atom is -1.00 e. The van der Waals surface area contributed by atoms with Crippen LogP contribution in [0.1, 0.15) is 64.0 Å². The maximum Gasteiger partial charge on any atom is 0.245 e. The van der Waals surface area contributed by atoms with Gasteiger partial charge in [0.2, 0.25) is 23.6 Å². The van der Waals surface area contributed by atoms with Gasteiger partial charge in [0, 0.05) is 44.6 Å². The molecule has 264 valence electrons. The molecular weight excluding hydrogens is 638 g/mol. The number of benzene rings is 3. The number of fused-ring (bicyclic) bond motifs is 1. The molecule has 0 spiro atoms. The number of quaternary nitrogens is 1. The first-order chi connectivity index (χ1) is 23.0. The van der Waals surface area contributed by atoms with Crippen LogP contribution in [0.15, 0.2) is 72.8 Å². The maximum absolute atomic E-state index is 14.6. The molecule has 3 aromatic carbocycles. The molecule has 0 bridgehead atoms. The Morgan fingerprint density at radius 1 is 0.837 bits per heavy atom. The van der Waals surface area contributed by atoms with Gasteiger partial charge < -0.3 is 38.6 Å². The smallest absolute Gasteiger partial charge is 0.245 e. The molecule has 2 heterocycles.